The van der Waals surface area contributed by atoms with E-state index in [1.54, 1.807) is 14.0 Å². The number of nitrogens with one attached hydrogen (secondary N) is 1. The Kier molecular flexibility index (Phi) is 7.19. The molecule has 2 aromatic rings. The van der Waals surface area contributed by atoms with Crippen LogP contribution in [0.5, 0.6) is 5.88 Å². The van der Waals surface area contributed by atoms with Crippen LogP contribution in [0.25, 0.3) is 0 Å². The number of nitrogens with two attached hydrogens (primary N) is 1. The van der Waals surface area contributed by atoms with Gasteiger partial charge < -0.3 is 20.5 Å². The lowest BCUT2D eigenvalue weighted by Gasteiger charge is -2.41. The minimum Gasteiger partial charge on any atom is -0.463 e. The van der Waals surface area contributed by atoms with Crippen LogP contribution in [-0.2, 0) is 10.3 Å². The molecule has 0 radical (unpaired) electrons. The Morgan fingerprint density at radius 1 is 1.33 bits per heavy atom. The van der Waals surface area contributed by atoms with Crippen LogP contribution in [0, 0.1) is 24.0 Å². The summed E-state index contributed by atoms with van der Waals surface area (Å²) in [5.41, 5.74) is 4.78. The van der Waals surface area contributed by atoms with Crippen LogP contribution in [0.15, 0.2) is 29.5 Å². The van der Waals surface area contributed by atoms with Gasteiger partial charge in [0.15, 0.2) is 23.4 Å². The molecule has 8 nitrogen and oxygen atoms in total. The van der Waals surface area contributed by atoms with Crippen molar-refractivity contribution in [2.45, 2.75) is 30.6 Å². The number of terminal acetylenes is 1. The minimum absolute atomic E-state index is 0.00551. The van der Waals surface area contributed by atoms with Crippen LogP contribution in [0.4, 0.5) is 14.5 Å². The third-order valence-corrected chi connectivity index (χ3v) is 5.96. The average molecular weight is 476 g/mol. The number of amides is 1. The van der Waals surface area contributed by atoms with Crippen molar-refractivity contribution in [1.29, 1.82) is 0 Å². The second kappa shape index (κ2) is 9.72. The van der Waals surface area contributed by atoms with Gasteiger partial charge in [-0.1, -0.05) is 17.7 Å². The van der Waals surface area contributed by atoms with Gasteiger partial charge in [-0.05, 0) is 26.3 Å². The van der Waals surface area contributed by atoms with E-state index >= 15 is 0 Å². The minimum atomic E-state index is -1.18. The average Bonchev–Trinajstić information content (AvgIpc) is 2.74. The number of methoxy groups -OCH3 is 1. The highest BCUT2D eigenvalue weighted by atomic mass is 32.2. The van der Waals surface area contributed by atoms with Crippen LogP contribution >= 0.6 is 11.8 Å². The molecule has 1 aromatic heterocycles. The predicted molar refractivity (Wildman–Crippen MR) is 122 cm³/mol. The predicted octanol–water partition coefficient (Wildman–Crippen LogP) is 3.09. The molecule has 1 aliphatic heterocycles. The monoisotopic (exact) mass is 475 g/mol. The first-order valence-corrected chi connectivity index (χ1v) is 10.6. The summed E-state index contributed by atoms with van der Waals surface area (Å²) in [6.45, 7) is 3.92. The molecule has 3 rings (SSSR count). The fourth-order valence-corrected chi connectivity index (χ4v) is 5.02. The number of aliphatic imine (C=N–C) groups is 1. The van der Waals surface area contributed by atoms with Gasteiger partial charge in [0.2, 0.25) is 5.88 Å². The van der Waals surface area contributed by atoms with E-state index in [4.69, 9.17) is 21.6 Å². The maximum atomic E-state index is 14.9. The normalized spacial score (nSPS) is 22.2. The van der Waals surface area contributed by atoms with Crippen molar-refractivity contribution in [3.8, 4) is 18.2 Å². The number of nitrogens with zero attached hydrogens (tertiary/aromatic N) is 3. The molecule has 2 heterocycles. The van der Waals surface area contributed by atoms with Crippen LogP contribution in [0.1, 0.15) is 36.3 Å². The van der Waals surface area contributed by atoms with Crippen molar-refractivity contribution in [2.24, 2.45) is 10.7 Å². The zero-order valence-corrected chi connectivity index (χ0v) is 19.1. The van der Waals surface area contributed by atoms with Gasteiger partial charge in [-0.15, -0.1) is 6.42 Å². The fourth-order valence-electron chi connectivity index (χ4n) is 3.74. The van der Waals surface area contributed by atoms with Crippen molar-refractivity contribution >= 4 is 28.5 Å². The van der Waals surface area contributed by atoms with Gasteiger partial charge in [0.05, 0.1) is 24.5 Å². The summed E-state index contributed by atoms with van der Waals surface area (Å²) in [5.74, 6) is -0.424. The Bertz CT molecular complexity index is 1120. The van der Waals surface area contributed by atoms with E-state index in [9.17, 15) is 13.6 Å². The lowest BCUT2D eigenvalue weighted by molar-refractivity contribution is 0.102. The van der Waals surface area contributed by atoms with Gasteiger partial charge in [0.1, 0.15) is 5.69 Å². The van der Waals surface area contributed by atoms with E-state index in [1.807, 2.05) is 6.92 Å². The summed E-state index contributed by atoms with van der Waals surface area (Å²) >= 11 is 1.32. The summed E-state index contributed by atoms with van der Waals surface area (Å²) in [4.78, 5) is 24.9. The first-order chi connectivity index (χ1) is 15.6. The van der Waals surface area contributed by atoms with E-state index in [0.717, 1.165) is 6.07 Å². The summed E-state index contributed by atoms with van der Waals surface area (Å²) < 4.78 is 39.3. The quantitative estimate of drug-likeness (QED) is 0.592. The Hall–Kier alpha value is -3.23. The highest BCUT2D eigenvalue weighted by molar-refractivity contribution is 8.15. The standard InChI is InChI=1S/C22H23F2N5O3S/c1-5-6-32-17-10-26-16(9-27-17)19(30)28-13-7-14(18(24)15(23)8-13)22(3)11-21(2,12-31-4)33-20(25)29-22/h1,7-10H,6,11-12H2,2-4H3,(H2,25,29)(H,28,30)/t21-,22+/m1/s1. The number of hydrogen-bond acceptors (Lipinski definition) is 8. The SMILES string of the molecule is C#CCOc1cnc(C(=O)Nc2cc(F)c(F)c([C@]3(C)C[C@](C)(COC)SC(N)=N3)c2)cn1. The smallest absolute Gasteiger partial charge is 0.275 e. The third kappa shape index (κ3) is 5.58. The van der Waals surface area contributed by atoms with Crippen LogP contribution in [0.2, 0.25) is 0 Å². The number of thioether (sulfide) groups is 1. The van der Waals surface area contributed by atoms with E-state index in [0.29, 0.717) is 13.0 Å². The van der Waals surface area contributed by atoms with Gasteiger partial charge in [-0.3, -0.25) is 9.79 Å². The maximum Gasteiger partial charge on any atom is 0.275 e. The molecule has 0 aliphatic carbocycles. The molecule has 0 fully saturated rings. The molecule has 0 bridgehead atoms. The van der Waals surface area contributed by atoms with Crippen molar-refractivity contribution in [2.75, 3.05) is 25.6 Å². The summed E-state index contributed by atoms with van der Waals surface area (Å²) in [7, 11) is 1.55. The summed E-state index contributed by atoms with van der Waals surface area (Å²) in [6.07, 6.45) is 7.86. The molecular formula is C22H23F2N5O3S. The topological polar surface area (TPSA) is 112 Å². The van der Waals surface area contributed by atoms with Crippen molar-refractivity contribution in [1.82, 2.24) is 9.97 Å². The van der Waals surface area contributed by atoms with Gasteiger partial charge in [-0.2, -0.15) is 0 Å². The van der Waals surface area contributed by atoms with E-state index < -0.39 is 27.8 Å². The highest BCUT2D eigenvalue weighted by Gasteiger charge is 2.44. The van der Waals surface area contributed by atoms with Crippen LogP contribution in [0.3, 0.4) is 0 Å². The maximum absolute atomic E-state index is 14.9. The number of ether oxygens (including phenoxy) is 2. The fraction of sp³-hybridized carbons (Fsp3) is 0.364. The second-order valence-electron chi connectivity index (χ2n) is 7.89. The molecular weight excluding hydrogens is 452 g/mol. The largest absolute Gasteiger partial charge is 0.463 e. The molecule has 0 saturated heterocycles. The molecule has 33 heavy (non-hydrogen) atoms. The Morgan fingerprint density at radius 3 is 2.73 bits per heavy atom. The van der Waals surface area contributed by atoms with Gasteiger partial charge in [0.25, 0.3) is 5.91 Å². The summed E-state index contributed by atoms with van der Waals surface area (Å²) in [6, 6.07) is 2.23. The number of benzene rings is 1. The highest BCUT2D eigenvalue weighted by Crippen LogP contribution is 2.46. The number of hydrogen-bond donors (Lipinski definition) is 2. The van der Waals surface area contributed by atoms with Gasteiger partial charge in [0, 0.05) is 29.2 Å². The molecule has 2 atom stereocenters. The number of carbonyl (C=O) groups is 1. The Labute approximate surface area is 194 Å². The van der Waals surface area contributed by atoms with Crippen LogP contribution < -0.4 is 15.8 Å². The molecule has 3 N–H and O–H groups in total. The van der Waals surface area contributed by atoms with Crippen molar-refractivity contribution in [3.05, 3.63) is 47.4 Å². The van der Waals surface area contributed by atoms with Gasteiger partial charge >= 0.3 is 0 Å². The molecule has 11 heteroatoms. The molecule has 0 spiro atoms. The third-order valence-electron chi connectivity index (χ3n) is 4.91. The number of rotatable bonds is 7. The van der Waals surface area contributed by atoms with E-state index in [-0.39, 0.29) is 34.6 Å². The lowest BCUT2D eigenvalue weighted by Crippen LogP contribution is -2.43. The molecule has 1 amide bonds. The Balaban J connectivity index is 1.89. The van der Waals surface area contributed by atoms with E-state index in [2.05, 4.69) is 26.2 Å². The molecule has 1 aliphatic rings. The number of amidine groups is 1. The molecule has 0 saturated carbocycles. The van der Waals surface area contributed by atoms with Gasteiger partial charge in [-0.25, -0.2) is 18.7 Å². The molecule has 1 aromatic carbocycles. The number of aromatic nitrogens is 2. The molecule has 174 valence electrons. The first kappa shape index (κ1) is 24.4. The first-order valence-electron chi connectivity index (χ1n) is 9.81. The van der Waals surface area contributed by atoms with Crippen molar-refractivity contribution < 1.29 is 23.0 Å². The lowest BCUT2D eigenvalue weighted by atomic mass is 9.83. The zero-order chi connectivity index (χ0) is 24.2. The van der Waals surface area contributed by atoms with E-state index in [1.165, 1.54) is 30.2 Å². The molecule has 0 unspecified atom stereocenters. The number of anilines is 1. The van der Waals surface area contributed by atoms with Crippen molar-refractivity contribution in [3.63, 3.8) is 0 Å². The second-order valence-corrected chi connectivity index (χ2v) is 9.50. The number of halogens is 2. The Morgan fingerprint density at radius 2 is 2.09 bits per heavy atom. The van der Waals surface area contributed by atoms with Crippen LogP contribution in [-0.4, -0.2) is 46.1 Å². The number of carbonyl (C=O) groups excluding carboxylic acids is 1. The summed E-state index contributed by atoms with van der Waals surface area (Å²) in [5, 5.41) is 2.75. The zero-order valence-electron chi connectivity index (χ0n) is 18.3.